The van der Waals surface area contributed by atoms with Gasteiger partial charge in [-0.15, -0.1) is 0 Å². The molecule has 0 atom stereocenters. The minimum absolute atomic E-state index is 0.0906. The summed E-state index contributed by atoms with van der Waals surface area (Å²) in [6, 6.07) is 0. The summed E-state index contributed by atoms with van der Waals surface area (Å²) in [6.45, 7) is 6.33. The Morgan fingerprint density at radius 1 is 1.11 bits per heavy atom. The van der Waals surface area contributed by atoms with Crippen LogP contribution in [-0.2, 0) is 4.79 Å². The molecule has 1 saturated heterocycles. The lowest BCUT2D eigenvalue weighted by atomic mass is 9.94. The van der Waals surface area contributed by atoms with Gasteiger partial charge < -0.3 is 15.3 Å². The van der Waals surface area contributed by atoms with Crippen molar-refractivity contribution < 1.29 is 9.90 Å². The first-order valence-electron chi connectivity index (χ1n) is 7.81. The number of likely N-dealkylation sites (tertiary alicyclic amines) is 1. The number of nitrogens with zero attached hydrogens (tertiary/aromatic N) is 1. The van der Waals surface area contributed by atoms with E-state index in [1.165, 1.54) is 19.3 Å². The number of rotatable bonds is 6. The third-order valence-corrected chi connectivity index (χ3v) is 4.48. The van der Waals surface area contributed by atoms with Crippen LogP contribution in [0.2, 0.25) is 0 Å². The first-order chi connectivity index (χ1) is 9.17. The fourth-order valence-corrected chi connectivity index (χ4v) is 2.65. The normalized spacial score (nSPS) is 17.9. The third-order valence-electron chi connectivity index (χ3n) is 4.48. The predicted octanol–water partition coefficient (Wildman–Crippen LogP) is 1.92. The number of aliphatic hydroxyl groups is 1. The molecular weight excluding hydrogens is 240 g/mol. The van der Waals surface area contributed by atoms with Gasteiger partial charge in [0.25, 0.3) is 0 Å². The van der Waals surface area contributed by atoms with E-state index >= 15 is 0 Å². The number of amides is 1. The van der Waals surface area contributed by atoms with Crippen molar-refractivity contribution in [3.63, 3.8) is 0 Å². The summed E-state index contributed by atoms with van der Waals surface area (Å²) in [5, 5.41) is 12.8. The molecule has 0 bridgehead atoms. The maximum absolute atomic E-state index is 12.2. The van der Waals surface area contributed by atoms with Gasteiger partial charge in [0.15, 0.2) is 0 Å². The van der Waals surface area contributed by atoms with Crippen molar-refractivity contribution in [1.29, 1.82) is 0 Å². The van der Waals surface area contributed by atoms with Crippen LogP contribution in [0.15, 0.2) is 0 Å². The molecule has 0 radical (unpaired) electrons. The largest absolute Gasteiger partial charge is 0.394 e. The Bertz CT molecular complexity index is 249. The lowest BCUT2D eigenvalue weighted by molar-refractivity contribution is -0.131. The van der Waals surface area contributed by atoms with Gasteiger partial charge in [-0.1, -0.05) is 33.1 Å². The van der Waals surface area contributed by atoms with Gasteiger partial charge in [0.2, 0.25) is 5.91 Å². The molecule has 0 aromatic heterocycles. The molecule has 1 aliphatic rings. The van der Waals surface area contributed by atoms with Crippen LogP contribution in [0.5, 0.6) is 0 Å². The Kier molecular flexibility index (Phi) is 7.39. The summed E-state index contributed by atoms with van der Waals surface area (Å²) in [5.74, 6) is 0.182. The zero-order valence-electron chi connectivity index (χ0n) is 12.6. The lowest BCUT2D eigenvalue weighted by Gasteiger charge is -2.32. The number of carbonyl (C=O) groups is 1. The highest BCUT2D eigenvalue weighted by Crippen LogP contribution is 2.14. The van der Waals surface area contributed by atoms with Crippen molar-refractivity contribution in [2.24, 2.45) is 0 Å². The molecule has 2 N–H and O–H groups in total. The first kappa shape index (κ1) is 16.4. The number of nitrogens with one attached hydrogen (secondary N) is 1. The molecular formula is C15H30N2O2. The number of carbonyl (C=O) groups excluding carboxylic acids is 1. The molecule has 1 fully saturated rings. The fourth-order valence-electron chi connectivity index (χ4n) is 2.65. The Morgan fingerprint density at radius 2 is 1.63 bits per heavy atom. The highest BCUT2D eigenvalue weighted by atomic mass is 16.3. The summed E-state index contributed by atoms with van der Waals surface area (Å²) in [4.78, 5) is 14.2. The molecule has 1 aliphatic heterocycles. The van der Waals surface area contributed by atoms with Crippen molar-refractivity contribution in [2.75, 3.05) is 26.2 Å². The summed E-state index contributed by atoms with van der Waals surface area (Å²) < 4.78 is 0. The lowest BCUT2D eigenvalue weighted by Crippen LogP contribution is -2.52. The summed E-state index contributed by atoms with van der Waals surface area (Å²) in [5.41, 5.74) is -0.293. The minimum atomic E-state index is -0.293. The van der Waals surface area contributed by atoms with Crippen LogP contribution in [0, 0.1) is 0 Å². The van der Waals surface area contributed by atoms with Crippen molar-refractivity contribution in [1.82, 2.24) is 10.2 Å². The van der Waals surface area contributed by atoms with Crippen molar-refractivity contribution in [3.8, 4) is 0 Å². The van der Waals surface area contributed by atoms with Gasteiger partial charge in [0.05, 0.1) is 13.2 Å². The van der Waals surface area contributed by atoms with Crippen LogP contribution >= 0.6 is 0 Å². The van der Waals surface area contributed by atoms with Crippen LogP contribution in [0.1, 0.15) is 58.8 Å². The van der Waals surface area contributed by atoms with E-state index in [1.807, 2.05) is 18.7 Å². The smallest absolute Gasteiger partial charge is 0.236 e. The van der Waals surface area contributed by atoms with Crippen LogP contribution in [0.25, 0.3) is 0 Å². The fraction of sp³-hybridized carbons (Fsp3) is 0.933. The molecule has 4 heteroatoms. The molecule has 0 aromatic carbocycles. The molecule has 112 valence electrons. The van der Waals surface area contributed by atoms with E-state index in [0.29, 0.717) is 6.54 Å². The van der Waals surface area contributed by atoms with E-state index in [-0.39, 0.29) is 18.1 Å². The second-order valence-electron chi connectivity index (χ2n) is 5.65. The van der Waals surface area contributed by atoms with E-state index in [1.54, 1.807) is 0 Å². The average molecular weight is 270 g/mol. The van der Waals surface area contributed by atoms with Gasteiger partial charge in [-0.2, -0.15) is 0 Å². The Labute approximate surface area is 117 Å². The van der Waals surface area contributed by atoms with Crippen molar-refractivity contribution >= 4 is 5.91 Å². The monoisotopic (exact) mass is 270 g/mol. The van der Waals surface area contributed by atoms with Crippen molar-refractivity contribution in [3.05, 3.63) is 0 Å². The van der Waals surface area contributed by atoms with E-state index in [2.05, 4.69) is 5.32 Å². The van der Waals surface area contributed by atoms with Gasteiger partial charge in [-0.05, 0) is 25.7 Å². The summed E-state index contributed by atoms with van der Waals surface area (Å²) in [6.07, 6.45) is 7.71. The summed E-state index contributed by atoms with van der Waals surface area (Å²) >= 11 is 0. The predicted molar refractivity (Wildman–Crippen MR) is 78.1 cm³/mol. The molecule has 0 aromatic rings. The molecule has 1 heterocycles. The maximum atomic E-state index is 12.2. The topological polar surface area (TPSA) is 52.6 Å². The van der Waals surface area contributed by atoms with Gasteiger partial charge in [0, 0.05) is 18.6 Å². The Balaban J connectivity index is 2.44. The van der Waals surface area contributed by atoms with E-state index in [4.69, 9.17) is 0 Å². The second-order valence-corrected chi connectivity index (χ2v) is 5.65. The first-order valence-corrected chi connectivity index (χ1v) is 7.81. The minimum Gasteiger partial charge on any atom is -0.394 e. The summed E-state index contributed by atoms with van der Waals surface area (Å²) in [7, 11) is 0. The van der Waals surface area contributed by atoms with E-state index < -0.39 is 0 Å². The van der Waals surface area contributed by atoms with Crippen LogP contribution in [0.3, 0.4) is 0 Å². The molecule has 0 spiro atoms. The van der Waals surface area contributed by atoms with E-state index in [9.17, 15) is 9.90 Å². The van der Waals surface area contributed by atoms with E-state index in [0.717, 1.165) is 38.8 Å². The molecule has 1 amide bonds. The van der Waals surface area contributed by atoms with Crippen LogP contribution in [0.4, 0.5) is 0 Å². The molecule has 0 saturated carbocycles. The number of aliphatic hydroxyl groups excluding tert-OH is 1. The standard InChI is InChI=1S/C15H30N2O2/c1-3-15(4-2,13-18)16-12-14(19)17-10-8-6-5-7-9-11-17/h16,18H,3-13H2,1-2H3. The molecule has 1 rings (SSSR count). The molecule has 19 heavy (non-hydrogen) atoms. The van der Waals surface area contributed by atoms with Gasteiger partial charge in [0.1, 0.15) is 0 Å². The van der Waals surface area contributed by atoms with Crippen LogP contribution in [-0.4, -0.2) is 47.7 Å². The van der Waals surface area contributed by atoms with Gasteiger partial charge in [-0.25, -0.2) is 0 Å². The molecule has 0 unspecified atom stereocenters. The van der Waals surface area contributed by atoms with Gasteiger partial charge in [-0.3, -0.25) is 4.79 Å². The molecule has 4 nitrogen and oxygen atoms in total. The maximum Gasteiger partial charge on any atom is 0.236 e. The zero-order valence-corrected chi connectivity index (χ0v) is 12.6. The molecule has 0 aliphatic carbocycles. The van der Waals surface area contributed by atoms with Crippen LogP contribution < -0.4 is 5.32 Å². The Morgan fingerprint density at radius 3 is 2.11 bits per heavy atom. The number of hydrogen-bond acceptors (Lipinski definition) is 3. The second kappa shape index (κ2) is 8.54. The third kappa shape index (κ3) is 5.11. The Hall–Kier alpha value is -0.610. The highest BCUT2D eigenvalue weighted by Gasteiger charge is 2.26. The van der Waals surface area contributed by atoms with Crippen molar-refractivity contribution in [2.45, 2.75) is 64.3 Å². The average Bonchev–Trinajstić information content (AvgIpc) is 2.40. The quantitative estimate of drug-likeness (QED) is 0.775. The zero-order chi connectivity index (χ0) is 14.1. The highest BCUT2D eigenvalue weighted by molar-refractivity contribution is 5.78. The van der Waals surface area contributed by atoms with Gasteiger partial charge >= 0.3 is 0 Å². The SMILES string of the molecule is CCC(CC)(CO)NCC(=O)N1CCCCCCC1. The number of hydrogen-bond donors (Lipinski definition) is 2.